The van der Waals surface area contributed by atoms with Gasteiger partial charge in [0.2, 0.25) is 0 Å². The average molecular weight is 355 g/mol. The van der Waals surface area contributed by atoms with Crippen LogP contribution in [0.5, 0.6) is 0 Å². The maximum Gasteiger partial charge on any atom is 0.321 e. The van der Waals surface area contributed by atoms with Gasteiger partial charge in [-0.25, -0.2) is 4.79 Å². The SMILES string of the molecule is Cc1cc(C)c(NC(=O)N2CCC(C)(C(=O)O)C2)c(Br)c1. The number of rotatable bonds is 2. The van der Waals surface area contributed by atoms with Crippen molar-refractivity contribution in [2.75, 3.05) is 18.4 Å². The van der Waals surface area contributed by atoms with Gasteiger partial charge >= 0.3 is 12.0 Å². The van der Waals surface area contributed by atoms with Gasteiger partial charge in [0.15, 0.2) is 0 Å². The molecule has 5 nitrogen and oxygen atoms in total. The zero-order chi connectivity index (χ0) is 15.8. The first kappa shape index (κ1) is 15.8. The van der Waals surface area contributed by atoms with Gasteiger partial charge in [-0.3, -0.25) is 4.79 Å². The van der Waals surface area contributed by atoms with E-state index in [2.05, 4.69) is 21.2 Å². The molecule has 114 valence electrons. The first-order valence-corrected chi connectivity index (χ1v) is 7.58. The van der Waals surface area contributed by atoms with Crippen molar-refractivity contribution in [1.29, 1.82) is 0 Å². The Bertz CT molecular complexity index is 580. The van der Waals surface area contributed by atoms with Crippen LogP contribution in [0.1, 0.15) is 24.5 Å². The van der Waals surface area contributed by atoms with E-state index in [4.69, 9.17) is 0 Å². The van der Waals surface area contributed by atoms with Gasteiger partial charge in [0.05, 0.1) is 11.1 Å². The monoisotopic (exact) mass is 354 g/mol. The Labute approximate surface area is 132 Å². The summed E-state index contributed by atoms with van der Waals surface area (Å²) in [6.45, 7) is 6.28. The summed E-state index contributed by atoms with van der Waals surface area (Å²) >= 11 is 3.45. The Hall–Kier alpha value is -1.56. The van der Waals surface area contributed by atoms with E-state index in [-0.39, 0.29) is 12.6 Å². The molecule has 0 radical (unpaired) electrons. The highest BCUT2D eigenvalue weighted by molar-refractivity contribution is 9.10. The van der Waals surface area contributed by atoms with Gasteiger partial charge < -0.3 is 15.3 Å². The average Bonchev–Trinajstić information content (AvgIpc) is 2.78. The van der Waals surface area contributed by atoms with Crippen molar-refractivity contribution < 1.29 is 14.7 Å². The zero-order valence-electron chi connectivity index (χ0n) is 12.4. The minimum Gasteiger partial charge on any atom is -0.481 e. The number of nitrogens with one attached hydrogen (secondary N) is 1. The van der Waals surface area contributed by atoms with Crippen LogP contribution in [0, 0.1) is 19.3 Å². The van der Waals surface area contributed by atoms with Gasteiger partial charge in [0.25, 0.3) is 0 Å². The van der Waals surface area contributed by atoms with Crippen molar-refractivity contribution in [3.05, 3.63) is 27.7 Å². The lowest BCUT2D eigenvalue weighted by Gasteiger charge is -2.21. The van der Waals surface area contributed by atoms with E-state index in [1.165, 1.54) is 0 Å². The highest BCUT2D eigenvalue weighted by atomic mass is 79.9. The largest absolute Gasteiger partial charge is 0.481 e. The molecule has 0 saturated carbocycles. The summed E-state index contributed by atoms with van der Waals surface area (Å²) in [7, 11) is 0. The molecule has 0 bridgehead atoms. The number of likely N-dealkylation sites (tertiary alicyclic amines) is 1. The summed E-state index contributed by atoms with van der Waals surface area (Å²) in [5.74, 6) is -0.856. The maximum atomic E-state index is 12.3. The quantitative estimate of drug-likeness (QED) is 0.854. The van der Waals surface area contributed by atoms with Crippen molar-refractivity contribution >= 4 is 33.6 Å². The van der Waals surface area contributed by atoms with Crippen molar-refractivity contribution in [3.8, 4) is 0 Å². The van der Waals surface area contributed by atoms with Crippen LogP contribution in [0.2, 0.25) is 0 Å². The van der Waals surface area contributed by atoms with Crippen molar-refractivity contribution in [1.82, 2.24) is 4.90 Å². The first-order valence-electron chi connectivity index (χ1n) is 6.79. The van der Waals surface area contributed by atoms with E-state index in [1.807, 2.05) is 26.0 Å². The van der Waals surface area contributed by atoms with Crippen LogP contribution in [0.15, 0.2) is 16.6 Å². The van der Waals surface area contributed by atoms with Gasteiger partial charge in [-0.2, -0.15) is 0 Å². The second kappa shape index (κ2) is 5.67. The minimum absolute atomic E-state index is 0.233. The van der Waals surface area contributed by atoms with Crippen LogP contribution < -0.4 is 5.32 Å². The molecule has 0 spiro atoms. The fourth-order valence-electron chi connectivity index (χ4n) is 2.57. The highest BCUT2D eigenvalue weighted by Gasteiger charge is 2.42. The number of halogens is 1. The van der Waals surface area contributed by atoms with Crippen LogP contribution in [-0.4, -0.2) is 35.1 Å². The number of carboxylic acids is 1. The Morgan fingerprint density at radius 3 is 2.57 bits per heavy atom. The number of amides is 2. The number of benzene rings is 1. The molecule has 2 rings (SSSR count). The third-order valence-corrected chi connectivity index (χ3v) is 4.57. The van der Waals surface area contributed by atoms with Gasteiger partial charge in [0, 0.05) is 17.6 Å². The molecule has 1 atom stereocenters. The second-order valence-electron chi connectivity index (χ2n) is 5.91. The van der Waals surface area contributed by atoms with Gasteiger partial charge in [-0.15, -0.1) is 0 Å². The number of urea groups is 1. The molecule has 1 unspecified atom stereocenters. The molecule has 1 aromatic carbocycles. The van der Waals surface area contributed by atoms with E-state index >= 15 is 0 Å². The first-order chi connectivity index (χ1) is 9.73. The Morgan fingerprint density at radius 1 is 1.38 bits per heavy atom. The molecule has 2 N–H and O–H groups in total. The number of hydrogen-bond donors (Lipinski definition) is 2. The number of nitrogens with zero attached hydrogens (tertiary/aromatic N) is 1. The number of anilines is 1. The van der Waals surface area contributed by atoms with Gasteiger partial charge in [0.1, 0.15) is 0 Å². The Morgan fingerprint density at radius 2 is 2.05 bits per heavy atom. The van der Waals surface area contributed by atoms with Crippen molar-refractivity contribution in [2.45, 2.75) is 27.2 Å². The van der Waals surface area contributed by atoms with E-state index in [1.54, 1.807) is 11.8 Å². The molecule has 1 aliphatic rings. The molecule has 6 heteroatoms. The number of carboxylic acid groups (broad SMARTS) is 1. The number of aryl methyl sites for hydroxylation is 2. The predicted molar refractivity (Wildman–Crippen MR) is 84.6 cm³/mol. The molecule has 0 aliphatic carbocycles. The Balaban J connectivity index is 2.12. The van der Waals surface area contributed by atoms with Gasteiger partial charge in [-0.1, -0.05) is 6.07 Å². The fraction of sp³-hybridized carbons (Fsp3) is 0.467. The fourth-order valence-corrected chi connectivity index (χ4v) is 3.34. The molecule has 1 aliphatic heterocycles. The molecule has 21 heavy (non-hydrogen) atoms. The summed E-state index contributed by atoms with van der Waals surface area (Å²) in [5, 5.41) is 12.1. The topological polar surface area (TPSA) is 69.6 Å². The zero-order valence-corrected chi connectivity index (χ0v) is 14.0. The van der Waals surface area contributed by atoms with Crippen LogP contribution in [0.25, 0.3) is 0 Å². The molecule has 1 fully saturated rings. The van der Waals surface area contributed by atoms with E-state index in [0.717, 1.165) is 21.3 Å². The number of hydrogen-bond acceptors (Lipinski definition) is 2. The predicted octanol–water partition coefficient (Wildman–Crippen LogP) is 3.39. The number of carbonyl (C=O) groups excluding carboxylic acids is 1. The number of carbonyl (C=O) groups is 2. The maximum absolute atomic E-state index is 12.3. The van der Waals surface area contributed by atoms with Gasteiger partial charge in [-0.05, 0) is 60.3 Å². The molecular formula is C15H19BrN2O3. The lowest BCUT2D eigenvalue weighted by Crippen LogP contribution is -2.37. The Kier molecular flexibility index (Phi) is 4.27. The third-order valence-electron chi connectivity index (χ3n) is 3.94. The summed E-state index contributed by atoms with van der Waals surface area (Å²) in [6, 6.07) is 3.67. The summed E-state index contributed by atoms with van der Waals surface area (Å²) in [4.78, 5) is 25.1. The molecule has 1 saturated heterocycles. The molecule has 2 amide bonds. The van der Waals surface area contributed by atoms with Crippen molar-refractivity contribution in [3.63, 3.8) is 0 Å². The van der Waals surface area contributed by atoms with Crippen molar-refractivity contribution in [2.24, 2.45) is 5.41 Å². The highest BCUT2D eigenvalue weighted by Crippen LogP contribution is 2.32. The standard InChI is InChI=1S/C15H19BrN2O3/c1-9-6-10(2)12(11(16)7-9)17-14(21)18-5-4-15(3,8-18)13(19)20/h6-7H,4-5,8H2,1-3H3,(H,17,21)(H,19,20). The minimum atomic E-state index is -0.856. The van der Waals surface area contributed by atoms with Crippen LogP contribution in [0.3, 0.4) is 0 Å². The third kappa shape index (κ3) is 3.20. The summed E-state index contributed by atoms with van der Waals surface area (Å²) in [5.41, 5.74) is 1.96. The molecular weight excluding hydrogens is 336 g/mol. The summed E-state index contributed by atoms with van der Waals surface area (Å²) < 4.78 is 0.827. The lowest BCUT2D eigenvalue weighted by molar-refractivity contribution is -0.146. The molecule has 1 aromatic rings. The summed E-state index contributed by atoms with van der Waals surface area (Å²) in [6.07, 6.45) is 0.476. The molecule has 0 aromatic heterocycles. The van der Waals surface area contributed by atoms with E-state index in [0.29, 0.717) is 13.0 Å². The number of aliphatic carboxylic acids is 1. The van der Waals surface area contributed by atoms with Crippen LogP contribution in [-0.2, 0) is 4.79 Å². The normalized spacial score (nSPS) is 21.4. The van der Waals surface area contributed by atoms with E-state index in [9.17, 15) is 14.7 Å². The molecule has 1 heterocycles. The van der Waals surface area contributed by atoms with E-state index < -0.39 is 11.4 Å². The lowest BCUT2D eigenvalue weighted by atomic mass is 9.90. The second-order valence-corrected chi connectivity index (χ2v) is 6.76. The smallest absolute Gasteiger partial charge is 0.321 e. The van der Waals surface area contributed by atoms with Crippen LogP contribution >= 0.6 is 15.9 Å². The van der Waals surface area contributed by atoms with Crippen LogP contribution in [0.4, 0.5) is 10.5 Å².